The van der Waals surface area contributed by atoms with Crippen LogP contribution >= 0.6 is 0 Å². The lowest BCUT2D eigenvalue weighted by atomic mass is 9.96. The fourth-order valence-electron chi connectivity index (χ4n) is 4.83. The highest BCUT2D eigenvalue weighted by Crippen LogP contribution is 2.37. The van der Waals surface area contributed by atoms with Crippen molar-refractivity contribution in [1.82, 2.24) is 9.80 Å². The van der Waals surface area contributed by atoms with E-state index in [-0.39, 0.29) is 25.1 Å². The third-order valence-electron chi connectivity index (χ3n) is 6.32. The molecular formula is C22H25FN2O3. The number of rotatable bonds is 3. The normalized spacial score (nSPS) is 26.1. The highest BCUT2D eigenvalue weighted by Gasteiger charge is 2.36. The molecule has 1 amide bonds. The third kappa shape index (κ3) is 3.05. The lowest BCUT2D eigenvalue weighted by Gasteiger charge is -2.34. The third-order valence-corrected chi connectivity index (χ3v) is 6.32. The number of aliphatic hydroxyl groups excluding tert-OH is 1. The Balaban J connectivity index is 1.50. The number of likely N-dealkylation sites (tertiary alicyclic amines) is 1. The van der Waals surface area contributed by atoms with E-state index in [1.807, 2.05) is 18.2 Å². The van der Waals surface area contributed by atoms with Crippen LogP contribution in [-0.4, -0.2) is 59.0 Å². The number of alkyl halides is 1. The van der Waals surface area contributed by atoms with Crippen LogP contribution in [0.4, 0.5) is 4.39 Å². The summed E-state index contributed by atoms with van der Waals surface area (Å²) in [5.74, 6) is 0.758. The molecule has 0 spiro atoms. The molecule has 1 N–H and O–H groups in total. The maximum Gasteiger partial charge on any atom is 0.230 e. The van der Waals surface area contributed by atoms with Gasteiger partial charge >= 0.3 is 0 Å². The molecule has 0 aromatic heterocycles. The lowest BCUT2D eigenvalue weighted by molar-refractivity contribution is -0.137. The summed E-state index contributed by atoms with van der Waals surface area (Å²) in [6.07, 6.45) is 1.55. The molecule has 2 aromatic rings. The Bertz CT molecular complexity index is 912. The number of amides is 1. The number of benzene rings is 2. The molecule has 5 rings (SSSR count). The zero-order valence-electron chi connectivity index (χ0n) is 15.8. The Morgan fingerprint density at radius 3 is 2.68 bits per heavy atom. The summed E-state index contributed by atoms with van der Waals surface area (Å²) in [5, 5.41) is 12.3. The maximum atomic E-state index is 13.3. The molecule has 2 aliphatic heterocycles. The first kappa shape index (κ1) is 17.9. The smallest absolute Gasteiger partial charge is 0.230 e. The van der Waals surface area contributed by atoms with E-state index < -0.39 is 12.3 Å². The predicted molar refractivity (Wildman–Crippen MR) is 104 cm³/mol. The summed E-state index contributed by atoms with van der Waals surface area (Å²) in [6, 6.07) is 9.95. The molecule has 2 fully saturated rings. The molecule has 1 saturated heterocycles. The summed E-state index contributed by atoms with van der Waals surface area (Å²) in [4.78, 5) is 16.8. The van der Waals surface area contributed by atoms with Crippen LogP contribution in [0.2, 0.25) is 0 Å². The van der Waals surface area contributed by atoms with Crippen LogP contribution in [-0.2, 0) is 17.8 Å². The molecule has 1 aliphatic carbocycles. The minimum absolute atomic E-state index is 0.00120. The number of nitrogens with zero attached hydrogens (tertiary/aromatic N) is 2. The number of halogens is 1. The van der Waals surface area contributed by atoms with Gasteiger partial charge in [0.05, 0.1) is 18.6 Å². The van der Waals surface area contributed by atoms with Gasteiger partial charge in [-0.1, -0.05) is 24.3 Å². The fraction of sp³-hybridized carbons (Fsp3) is 0.500. The zero-order chi connectivity index (χ0) is 19.3. The van der Waals surface area contributed by atoms with E-state index in [9.17, 15) is 14.3 Å². The Morgan fingerprint density at radius 2 is 1.96 bits per heavy atom. The van der Waals surface area contributed by atoms with E-state index in [1.54, 1.807) is 4.90 Å². The summed E-state index contributed by atoms with van der Waals surface area (Å²) in [5.41, 5.74) is 1.98. The minimum Gasteiger partial charge on any atom is -0.472 e. The van der Waals surface area contributed by atoms with Crippen LogP contribution in [0.5, 0.6) is 5.75 Å². The van der Waals surface area contributed by atoms with Gasteiger partial charge in [0.2, 0.25) is 5.91 Å². The van der Waals surface area contributed by atoms with Crippen molar-refractivity contribution >= 4 is 16.7 Å². The largest absolute Gasteiger partial charge is 0.472 e. The van der Waals surface area contributed by atoms with Gasteiger partial charge in [-0.2, -0.15) is 0 Å². The zero-order valence-corrected chi connectivity index (χ0v) is 15.8. The lowest BCUT2D eigenvalue weighted by Crippen LogP contribution is -2.47. The number of hydrogen-bond acceptors (Lipinski definition) is 4. The van der Waals surface area contributed by atoms with E-state index in [0.29, 0.717) is 19.6 Å². The molecule has 0 radical (unpaired) electrons. The van der Waals surface area contributed by atoms with Crippen LogP contribution in [0.3, 0.4) is 0 Å². The standard InChI is InChI=1S/C22H25FN2O3/c23-16-11-24(12-16)10-15-8-14-9-21(27)25(19-6-3-7-20(19)26)13-28-22(14)18-5-2-1-4-17(15)18/h1-2,4-5,8,16,19-20,26H,3,6-7,9-13H2/t19-,20-/m0/s1. The van der Waals surface area contributed by atoms with E-state index in [4.69, 9.17) is 4.74 Å². The van der Waals surface area contributed by atoms with E-state index >= 15 is 0 Å². The van der Waals surface area contributed by atoms with Crippen molar-refractivity contribution in [2.45, 2.75) is 50.5 Å². The Morgan fingerprint density at radius 1 is 1.18 bits per heavy atom. The van der Waals surface area contributed by atoms with Gasteiger partial charge in [0.25, 0.3) is 0 Å². The first-order chi connectivity index (χ1) is 13.6. The second kappa shape index (κ2) is 7.01. The van der Waals surface area contributed by atoms with Gasteiger partial charge in [0, 0.05) is 30.6 Å². The molecule has 2 aromatic carbocycles. The molecule has 0 unspecified atom stereocenters. The summed E-state index contributed by atoms with van der Waals surface area (Å²) in [6.45, 7) is 1.78. The van der Waals surface area contributed by atoms with Crippen LogP contribution in [0.15, 0.2) is 30.3 Å². The van der Waals surface area contributed by atoms with Crippen LogP contribution in [0.25, 0.3) is 10.8 Å². The van der Waals surface area contributed by atoms with E-state index in [1.165, 1.54) is 0 Å². The second-order valence-corrected chi connectivity index (χ2v) is 8.24. The van der Waals surface area contributed by atoms with Crippen LogP contribution < -0.4 is 4.74 Å². The molecule has 6 heteroatoms. The molecule has 2 heterocycles. The Kier molecular flexibility index (Phi) is 4.48. The molecule has 3 aliphatic rings. The molecule has 148 valence electrons. The highest BCUT2D eigenvalue weighted by atomic mass is 19.1. The van der Waals surface area contributed by atoms with Crippen molar-refractivity contribution < 1.29 is 19.0 Å². The minimum atomic E-state index is -0.733. The summed E-state index contributed by atoms with van der Waals surface area (Å²) < 4.78 is 19.4. The van der Waals surface area contributed by atoms with Gasteiger partial charge in [-0.15, -0.1) is 0 Å². The van der Waals surface area contributed by atoms with Crippen molar-refractivity contribution in [2.75, 3.05) is 19.8 Å². The molecule has 28 heavy (non-hydrogen) atoms. The van der Waals surface area contributed by atoms with Gasteiger partial charge < -0.3 is 14.7 Å². The average Bonchev–Trinajstić information content (AvgIpc) is 3.00. The van der Waals surface area contributed by atoms with Crippen molar-refractivity contribution in [3.05, 3.63) is 41.5 Å². The monoisotopic (exact) mass is 384 g/mol. The first-order valence-electron chi connectivity index (χ1n) is 10.1. The van der Waals surface area contributed by atoms with Gasteiger partial charge in [0.15, 0.2) is 6.73 Å². The number of hydrogen-bond donors (Lipinski definition) is 1. The van der Waals surface area contributed by atoms with Gasteiger partial charge in [-0.05, 0) is 36.3 Å². The van der Waals surface area contributed by atoms with Crippen LogP contribution in [0.1, 0.15) is 30.4 Å². The SMILES string of the molecule is O=C1Cc2cc(CN3CC(F)C3)c3ccccc3c2OCN1[C@H]1CCC[C@@H]1O. The van der Waals surface area contributed by atoms with Crippen molar-refractivity contribution in [3.63, 3.8) is 0 Å². The van der Waals surface area contributed by atoms with Gasteiger partial charge in [0.1, 0.15) is 11.9 Å². The van der Waals surface area contributed by atoms with E-state index in [2.05, 4.69) is 17.0 Å². The van der Waals surface area contributed by atoms with Crippen molar-refractivity contribution in [2.24, 2.45) is 0 Å². The van der Waals surface area contributed by atoms with Gasteiger partial charge in [-0.3, -0.25) is 9.69 Å². The Hall–Kier alpha value is -2.18. The maximum absolute atomic E-state index is 13.3. The number of carbonyl (C=O) groups excluding carboxylic acids is 1. The topological polar surface area (TPSA) is 53.0 Å². The quantitative estimate of drug-likeness (QED) is 0.884. The molecule has 1 saturated carbocycles. The van der Waals surface area contributed by atoms with Gasteiger partial charge in [-0.25, -0.2) is 4.39 Å². The molecule has 5 nitrogen and oxygen atoms in total. The van der Waals surface area contributed by atoms with Crippen LogP contribution in [0, 0.1) is 0 Å². The summed E-state index contributed by atoms with van der Waals surface area (Å²) in [7, 11) is 0. The number of carbonyl (C=O) groups is 1. The average molecular weight is 384 g/mol. The van der Waals surface area contributed by atoms with Crippen molar-refractivity contribution in [3.8, 4) is 5.75 Å². The number of ether oxygens (including phenoxy) is 1. The van der Waals surface area contributed by atoms with E-state index in [0.717, 1.165) is 46.9 Å². The number of aliphatic hydroxyl groups is 1. The molecule has 0 bridgehead atoms. The predicted octanol–water partition coefficient (Wildman–Crippen LogP) is 2.63. The number of fused-ring (bicyclic) bond motifs is 3. The second-order valence-electron chi connectivity index (χ2n) is 8.24. The molecule has 2 atom stereocenters. The first-order valence-corrected chi connectivity index (χ1v) is 10.1. The molecular weight excluding hydrogens is 359 g/mol. The highest BCUT2D eigenvalue weighted by molar-refractivity contribution is 5.94. The Labute approximate surface area is 163 Å². The summed E-state index contributed by atoms with van der Waals surface area (Å²) >= 11 is 0. The van der Waals surface area contributed by atoms with Crippen molar-refractivity contribution in [1.29, 1.82) is 0 Å². The fourth-order valence-corrected chi connectivity index (χ4v) is 4.83.